The highest BCUT2D eigenvalue weighted by molar-refractivity contribution is 5.84. The molecule has 0 aliphatic heterocycles. The number of carbonyl (C=O) groups excluding carboxylic acids is 2. The summed E-state index contributed by atoms with van der Waals surface area (Å²) in [5, 5.41) is 16.1. The molecule has 1 aromatic carbocycles. The van der Waals surface area contributed by atoms with Gasteiger partial charge in [0, 0.05) is 12.6 Å². The van der Waals surface area contributed by atoms with Gasteiger partial charge in [0.15, 0.2) is 6.61 Å². The van der Waals surface area contributed by atoms with Crippen molar-refractivity contribution in [2.75, 3.05) is 18.5 Å². The summed E-state index contributed by atoms with van der Waals surface area (Å²) in [4.78, 5) is 33.6. The van der Waals surface area contributed by atoms with Crippen molar-refractivity contribution in [1.82, 2.24) is 5.32 Å². The molecule has 8 nitrogen and oxygen atoms in total. The van der Waals surface area contributed by atoms with Crippen LogP contribution in [0.3, 0.4) is 0 Å². The number of nitro benzene ring substituents is 1. The molecule has 0 radical (unpaired) electrons. The van der Waals surface area contributed by atoms with E-state index >= 15 is 0 Å². The number of hydrogen-bond acceptors (Lipinski definition) is 6. The second-order valence-corrected chi connectivity index (χ2v) is 6.49. The number of halogens is 3. The number of amides is 1. The molecule has 0 spiro atoms. The van der Waals surface area contributed by atoms with Crippen molar-refractivity contribution in [3.05, 3.63) is 33.9 Å². The molecule has 0 aliphatic rings. The quantitative estimate of drug-likeness (QED) is 0.371. The second kappa shape index (κ2) is 9.90. The highest BCUT2D eigenvalue weighted by Gasteiger charge is 2.33. The summed E-state index contributed by atoms with van der Waals surface area (Å²) >= 11 is 0. The van der Waals surface area contributed by atoms with Crippen LogP contribution in [0.1, 0.15) is 32.8 Å². The van der Waals surface area contributed by atoms with E-state index in [1.54, 1.807) is 0 Å². The molecule has 11 heteroatoms. The van der Waals surface area contributed by atoms with Crippen molar-refractivity contribution >= 4 is 23.3 Å². The number of carbonyl (C=O) groups is 2. The van der Waals surface area contributed by atoms with Crippen LogP contribution >= 0.6 is 0 Å². The zero-order chi connectivity index (χ0) is 21.5. The minimum atomic E-state index is -4.74. The lowest BCUT2D eigenvalue weighted by Gasteiger charge is -2.15. The van der Waals surface area contributed by atoms with E-state index in [1.807, 2.05) is 13.8 Å². The second-order valence-electron chi connectivity index (χ2n) is 6.49. The Labute approximate surface area is 159 Å². The van der Waals surface area contributed by atoms with Gasteiger partial charge in [-0.3, -0.25) is 14.9 Å². The third-order valence-electron chi connectivity index (χ3n) is 3.64. The van der Waals surface area contributed by atoms with Crippen LogP contribution in [-0.4, -0.2) is 36.0 Å². The van der Waals surface area contributed by atoms with Crippen LogP contribution in [0.25, 0.3) is 0 Å². The van der Waals surface area contributed by atoms with E-state index in [2.05, 4.69) is 10.6 Å². The van der Waals surface area contributed by atoms with Crippen LogP contribution in [0, 0.1) is 16.0 Å². The molecule has 1 aromatic rings. The topological polar surface area (TPSA) is 111 Å². The molecule has 156 valence electrons. The van der Waals surface area contributed by atoms with Crippen LogP contribution in [-0.2, 0) is 20.5 Å². The number of nitro groups is 1. The summed E-state index contributed by atoms with van der Waals surface area (Å²) in [5.41, 5.74) is -2.29. The third kappa shape index (κ3) is 7.41. The molecule has 28 heavy (non-hydrogen) atoms. The first-order chi connectivity index (χ1) is 12.9. The van der Waals surface area contributed by atoms with Crippen LogP contribution < -0.4 is 10.6 Å². The van der Waals surface area contributed by atoms with E-state index in [4.69, 9.17) is 4.74 Å². The van der Waals surface area contributed by atoms with Crippen molar-refractivity contribution in [3.8, 4) is 0 Å². The van der Waals surface area contributed by atoms with Crippen LogP contribution in [0.5, 0.6) is 0 Å². The molecule has 0 fully saturated rings. The summed E-state index contributed by atoms with van der Waals surface area (Å²) in [6.07, 6.45) is -3.98. The molecule has 0 heterocycles. The standard InChI is InChI=1S/C17H22F3N3O5/c1-10(2)6-7-21-15(24)9-28-16(25)11(3)22-13-5-4-12(17(18,19)20)8-14(13)23(26)27/h4-5,8,10-11,22H,6-7,9H2,1-3H3,(H,21,24)/t11-/m0/s1. The first-order valence-electron chi connectivity index (χ1n) is 8.47. The zero-order valence-corrected chi connectivity index (χ0v) is 15.6. The van der Waals surface area contributed by atoms with Gasteiger partial charge in [-0.15, -0.1) is 0 Å². The number of rotatable bonds is 9. The first-order valence-corrected chi connectivity index (χ1v) is 8.47. The molecule has 0 bridgehead atoms. The summed E-state index contributed by atoms with van der Waals surface area (Å²) in [6, 6.07) is 0.778. The maximum Gasteiger partial charge on any atom is 0.416 e. The minimum Gasteiger partial charge on any atom is -0.454 e. The lowest BCUT2D eigenvalue weighted by Crippen LogP contribution is -2.34. The van der Waals surface area contributed by atoms with E-state index in [9.17, 15) is 32.9 Å². The molecule has 0 unspecified atom stereocenters. The lowest BCUT2D eigenvalue weighted by atomic mass is 10.1. The number of alkyl halides is 3. The summed E-state index contributed by atoms with van der Waals surface area (Å²) in [7, 11) is 0. The predicted molar refractivity (Wildman–Crippen MR) is 94.6 cm³/mol. The monoisotopic (exact) mass is 405 g/mol. The molecular weight excluding hydrogens is 383 g/mol. The van der Waals surface area contributed by atoms with Gasteiger partial charge in [-0.25, -0.2) is 4.79 Å². The van der Waals surface area contributed by atoms with Gasteiger partial charge >= 0.3 is 12.1 Å². The fraction of sp³-hybridized carbons (Fsp3) is 0.529. The predicted octanol–water partition coefficient (Wildman–Crippen LogP) is 3.12. The largest absolute Gasteiger partial charge is 0.454 e. The van der Waals surface area contributed by atoms with E-state index < -0.39 is 46.9 Å². The molecule has 2 N–H and O–H groups in total. The number of hydrogen-bond donors (Lipinski definition) is 2. The fourth-order valence-corrected chi connectivity index (χ4v) is 2.09. The fourth-order valence-electron chi connectivity index (χ4n) is 2.09. The van der Waals surface area contributed by atoms with Gasteiger partial charge in [0.1, 0.15) is 11.7 Å². The lowest BCUT2D eigenvalue weighted by molar-refractivity contribution is -0.384. The number of ether oxygens (including phenoxy) is 1. The Hall–Kier alpha value is -2.85. The molecular formula is C17H22F3N3O5. The Morgan fingerprint density at radius 1 is 1.25 bits per heavy atom. The van der Waals surface area contributed by atoms with Gasteiger partial charge in [0.2, 0.25) is 0 Å². The zero-order valence-electron chi connectivity index (χ0n) is 15.6. The number of esters is 1. The summed E-state index contributed by atoms with van der Waals surface area (Å²) < 4.78 is 42.9. The Bertz CT molecular complexity index is 722. The summed E-state index contributed by atoms with van der Waals surface area (Å²) in [6.45, 7) is 5.18. The highest BCUT2D eigenvalue weighted by atomic mass is 19.4. The van der Waals surface area contributed by atoms with Gasteiger partial charge in [0.25, 0.3) is 11.6 Å². The number of anilines is 1. The molecule has 0 aliphatic carbocycles. The average molecular weight is 405 g/mol. The Kier molecular flexibility index (Phi) is 8.20. The summed E-state index contributed by atoms with van der Waals surface area (Å²) in [5.74, 6) is -0.985. The van der Waals surface area contributed by atoms with Crippen molar-refractivity contribution in [1.29, 1.82) is 0 Å². The minimum absolute atomic E-state index is 0.274. The van der Waals surface area contributed by atoms with Crippen molar-refractivity contribution in [2.24, 2.45) is 5.92 Å². The molecule has 0 aromatic heterocycles. The molecule has 0 saturated heterocycles. The third-order valence-corrected chi connectivity index (χ3v) is 3.64. The van der Waals surface area contributed by atoms with Crippen LogP contribution in [0.15, 0.2) is 18.2 Å². The van der Waals surface area contributed by atoms with Crippen molar-refractivity contribution in [2.45, 2.75) is 39.4 Å². The molecule has 1 amide bonds. The Balaban J connectivity index is 2.68. The average Bonchev–Trinajstić information content (AvgIpc) is 2.58. The smallest absolute Gasteiger partial charge is 0.416 e. The van der Waals surface area contributed by atoms with E-state index in [1.165, 1.54) is 6.92 Å². The van der Waals surface area contributed by atoms with Gasteiger partial charge in [-0.1, -0.05) is 13.8 Å². The Morgan fingerprint density at radius 2 is 1.89 bits per heavy atom. The molecule has 1 atom stereocenters. The van der Waals surface area contributed by atoms with Gasteiger partial charge in [-0.05, 0) is 31.4 Å². The van der Waals surface area contributed by atoms with Gasteiger partial charge < -0.3 is 15.4 Å². The van der Waals surface area contributed by atoms with Gasteiger partial charge in [-0.2, -0.15) is 13.2 Å². The molecule has 0 saturated carbocycles. The van der Waals surface area contributed by atoms with Crippen molar-refractivity contribution in [3.63, 3.8) is 0 Å². The number of benzene rings is 1. The Morgan fingerprint density at radius 3 is 2.43 bits per heavy atom. The van der Waals surface area contributed by atoms with Crippen LogP contribution in [0.2, 0.25) is 0 Å². The van der Waals surface area contributed by atoms with Gasteiger partial charge in [0.05, 0.1) is 10.5 Å². The highest BCUT2D eigenvalue weighted by Crippen LogP contribution is 2.35. The van der Waals surface area contributed by atoms with Crippen molar-refractivity contribution < 1.29 is 32.4 Å². The molecule has 1 rings (SSSR count). The SMILES string of the molecule is CC(C)CCNC(=O)COC(=O)[C@H](C)Nc1ccc(C(F)(F)F)cc1[N+](=O)[O-]. The van der Waals surface area contributed by atoms with E-state index in [-0.39, 0.29) is 5.69 Å². The van der Waals surface area contributed by atoms with E-state index in [0.29, 0.717) is 24.6 Å². The number of nitrogens with one attached hydrogen (secondary N) is 2. The first kappa shape index (κ1) is 23.2. The van der Waals surface area contributed by atoms with E-state index in [0.717, 1.165) is 12.5 Å². The maximum atomic E-state index is 12.7. The maximum absolute atomic E-state index is 12.7. The van der Waals surface area contributed by atoms with Crippen LogP contribution in [0.4, 0.5) is 24.5 Å². The number of nitrogens with zero attached hydrogens (tertiary/aromatic N) is 1. The normalized spacial score (nSPS) is 12.4.